The highest BCUT2D eigenvalue weighted by Gasteiger charge is 2.16. The van der Waals surface area contributed by atoms with Crippen LogP contribution in [0, 0.1) is 5.92 Å². The van der Waals surface area contributed by atoms with E-state index in [0.29, 0.717) is 23.0 Å². The van der Waals surface area contributed by atoms with Gasteiger partial charge in [0.1, 0.15) is 0 Å². The lowest BCUT2D eigenvalue weighted by molar-refractivity contribution is -0.121. The average molecular weight is 343 g/mol. The molecule has 1 fully saturated rings. The largest absolute Gasteiger partial charge is 0.356 e. The molecule has 22 heavy (non-hydrogen) atoms. The first-order valence-corrected chi connectivity index (χ1v) is 8.73. The summed E-state index contributed by atoms with van der Waals surface area (Å²) in [6.45, 7) is 5.99. The Balaban J connectivity index is 1.65. The van der Waals surface area contributed by atoms with Gasteiger partial charge in [-0.1, -0.05) is 36.2 Å². The number of benzene rings is 1. The van der Waals surface area contributed by atoms with Crippen LogP contribution in [-0.2, 0) is 11.2 Å². The summed E-state index contributed by atoms with van der Waals surface area (Å²) < 4.78 is 0. The molecule has 1 heterocycles. The third kappa shape index (κ3) is 5.79. The molecule has 0 bridgehead atoms. The smallest absolute Gasteiger partial charge is 0.221 e. The van der Waals surface area contributed by atoms with Gasteiger partial charge in [0.25, 0.3) is 0 Å². The molecule has 0 saturated carbocycles. The van der Waals surface area contributed by atoms with Crippen molar-refractivity contribution in [2.24, 2.45) is 5.92 Å². The van der Waals surface area contributed by atoms with Gasteiger partial charge in [0.05, 0.1) is 0 Å². The van der Waals surface area contributed by atoms with Gasteiger partial charge in [-0.2, -0.15) is 0 Å². The number of nitrogens with zero attached hydrogens (tertiary/aromatic N) is 1. The average Bonchev–Trinajstić information content (AvgIpc) is 2.47. The van der Waals surface area contributed by atoms with Crippen LogP contribution < -0.4 is 5.32 Å². The van der Waals surface area contributed by atoms with Gasteiger partial charge >= 0.3 is 0 Å². The molecule has 122 valence electrons. The zero-order chi connectivity index (χ0) is 15.9. The zero-order valence-electron chi connectivity index (χ0n) is 13.1. The van der Waals surface area contributed by atoms with Crippen molar-refractivity contribution in [1.82, 2.24) is 10.2 Å². The van der Waals surface area contributed by atoms with Crippen LogP contribution in [0.3, 0.4) is 0 Å². The first-order chi connectivity index (χ1) is 10.5. The lowest BCUT2D eigenvalue weighted by Gasteiger charge is -2.30. The second-order valence-electron chi connectivity index (χ2n) is 6.13. The van der Waals surface area contributed by atoms with Gasteiger partial charge in [0.15, 0.2) is 0 Å². The zero-order valence-corrected chi connectivity index (χ0v) is 14.6. The molecule has 0 aromatic heterocycles. The van der Waals surface area contributed by atoms with Crippen LogP contribution >= 0.6 is 23.2 Å². The molecule has 1 aromatic carbocycles. The number of carbonyl (C=O) groups excluding carboxylic acids is 1. The standard InChI is InChI=1S/C17H24Cl2N2O/c1-13-3-2-9-21(12-13)10-7-17(22)20-8-6-14-4-5-15(18)11-16(14)19/h4-5,11,13H,2-3,6-10,12H2,1H3,(H,20,22). The number of piperidine rings is 1. The van der Waals surface area contributed by atoms with E-state index in [0.717, 1.165) is 37.5 Å². The first-order valence-electron chi connectivity index (χ1n) is 7.97. The summed E-state index contributed by atoms with van der Waals surface area (Å²) in [6, 6.07) is 5.46. The monoisotopic (exact) mass is 342 g/mol. The molecule has 1 saturated heterocycles. The second-order valence-corrected chi connectivity index (χ2v) is 6.98. The number of amides is 1. The minimum absolute atomic E-state index is 0.114. The number of hydrogen-bond acceptors (Lipinski definition) is 2. The summed E-state index contributed by atoms with van der Waals surface area (Å²) in [5.74, 6) is 0.868. The number of rotatable bonds is 6. The minimum Gasteiger partial charge on any atom is -0.356 e. The van der Waals surface area contributed by atoms with E-state index in [9.17, 15) is 4.79 Å². The van der Waals surface area contributed by atoms with E-state index in [1.807, 2.05) is 12.1 Å². The molecular formula is C17H24Cl2N2O. The highest BCUT2D eigenvalue weighted by molar-refractivity contribution is 6.35. The van der Waals surface area contributed by atoms with Crippen molar-refractivity contribution in [1.29, 1.82) is 0 Å². The number of halogens is 2. The Labute approximate surface area is 143 Å². The summed E-state index contributed by atoms with van der Waals surface area (Å²) in [6.07, 6.45) is 3.85. The Morgan fingerprint density at radius 1 is 1.41 bits per heavy atom. The van der Waals surface area contributed by atoms with E-state index >= 15 is 0 Å². The van der Waals surface area contributed by atoms with Crippen molar-refractivity contribution in [3.8, 4) is 0 Å². The van der Waals surface area contributed by atoms with Crippen LogP contribution in [0.2, 0.25) is 10.0 Å². The molecular weight excluding hydrogens is 319 g/mol. The van der Waals surface area contributed by atoms with Gasteiger partial charge < -0.3 is 10.2 Å². The van der Waals surface area contributed by atoms with Crippen molar-refractivity contribution >= 4 is 29.1 Å². The Morgan fingerprint density at radius 2 is 2.23 bits per heavy atom. The number of carbonyl (C=O) groups is 1. The summed E-state index contributed by atoms with van der Waals surface area (Å²) in [5.41, 5.74) is 1.01. The van der Waals surface area contributed by atoms with Crippen LogP contribution in [0.15, 0.2) is 18.2 Å². The molecule has 1 aliphatic heterocycles. The second kappa shape index (κ2) is 8.76. The van der Waals surface area contributed by atoms with Gasteiger partial charge in [-0.25, -0.2) is 0 Å². The fraction of sp³-hybridized carbons (Fsp3) is 0.588. The quantitative estimate of drug-likeness (QED) is 0.853. The van der Waals surface area contributed by atoms with Crippen LogP contribution in [0.25, 0.3) is 0 Å². The van der Waals surface area contributed by atoms with Crippen molar-refractivity contribution in [3.05, 3.63) is 33.8 Å². The van der Waals surface area contributed by atoms with Crippen LogP contribution in [0.1, 0.15) is 31.7 Å². The van der Waals surface area contributed by atoms with Gasteiger partial charge in [-0.3, -0.25) is 4.79 Å². The summed E-state index contributed by atoms with van der Waals surface area (Å²) in [7, 11) is 0. The molecule has 1 N–H and O–H groups in total. The molecule has 1 aliphatic rings. The molecule has 1 unspecified atom stereocenters. The molecule has 0 aliphatic carbocycles. The normalized spacial score (nSPS) is 19.1. The van der Waals surface area contributed by atoms with E-state index in [1.165, 1.54) is 12.8 Å². The van der Waals surface area contributed by atoms with Crippen LogP contribution in [0.4, 0.5) is 0 Å². The van der Waals surface area contributed by atoms with Crippen molar-refractivity contribution in [3.63, 3.8) is 0 Å². The van der Waals surface area contributed by atoms with Crippen LogP contribution in [-0.4, -0.2) is 37.0 Å². The van der Waals surface area contributed by atoms with Gasteiger partial charge in [0.2, 0.25) is 5.91 Å². The van der Waals surface area contributed by atoms with E-state index in [1.54, 1.807) is 6.07 Å². The fourth-order valence-corrected chi connectivity index (χ4v) is 3.40. The maximum atomic E-state index is 11.9. The molecule has 3 nitrogen and oxygen atoms in total. The van der Waals surface area contributed by atoms with Crippen molar-refractivity contribution in [2.45, 2.75) is 32.6 Å². The molecule has 0 radical (unpaired) electrons. The molecule has 1 aromatic rings. The summed E-state index contributed by atoms with van der Waals surface area (Å²) in [4.78, 5) is 14.3. The SMILES string of the molecule is CC1CCCN(CCC(=O)NCCc2ccc(Cl)cc2Cl)C1. The topological polar surface area (TPSA) is 32.3 Å². The fourth-order valence-electron chi connectivity index (χ4n) is 2.90. The minimum atomic E-state index is 0.114. The highest BCUT2D eigenvalue weighted by Crippen LogP contribution is 2.21. The van der Waals surface area contributed by atoms with Gasteiger partial charge in [-0.15, -0.1) is 0 Å². The Hall–Kier alpha value is -0.770. The first kappa shape index (κ1) is 17.6. The van der Waals surface area contributed by atoms with Crippen molar-refractivity contribution in [2.75, 3.05) is 26.2 Å². The van der Waals surface area contributed by atoms with Gasteiger partial charge in [0, 0.05) is 36.1 Å². The Bertz CT molecular complexity index is 507. The third-order valence-corrected chi connectivity index (χ3v) is 4.71. The molecule has 2 rings (SSSR count). The predicted octanol–water partition coefficient (Wildman–Crippen LogP) is 3.77. The van der Waals surface area contributed by atoms with Gasteiger partial charge in [-0.05, 0) is 49.4 Å². The highest BCUT2D eigenvalue weighted by atomic mass is 35.5. The number of likely N-dealkylation sites (tertiary alicyclic amines) is 1. The molecule has 1 amide bonds. The Morgan fingerprint density at radius 3 is 2.95 bits per heavy atom. The Kier molecular flexibility index (Phi) is 7.00. The maximum absolute atomic E-state index is 11.9. The maximum Gasteiger partial charge on any atom is 0.221 e. The molecule has 0 spiro atoms. The molecule has 5 heteroatoms. The molecule has 1 atom stereocenters. The summed E-state index contributed by atoms with van der Waals surface area (Å²) >= 11 is 12.0. The van der Waals surface area contributed by atoms with E-state index < -0.39 is 0 Å². The lowest BCUT2D eigenvalue weighted by Crippen LogP contribution is -2.37. The van der Waals surface area contributed by atoms with E-state index in [-0.39, 0.29) is 5.91 Å². The van der Waals surface area contributed by atoms with E-state index in [4.69, 9.17) is 23.2 Å². The van der Waals surface area contributed by atoms with E-state index in [2.05, 4.69) is 17.1 Å². The van der Waals surface area contributed by atoms with Crippen LogP contribution in [0.5, 0.6) is 0 Å². The van der Waals surface area contributed by atoms with Crippen molar-refractivity contribution < 1.29 is 4.79 Å². The number of nitrogens with one attached hydrogen (secondary N) is 1. The summed E-state index contributed by atoms with van der Waals surface area (Å²) in [5, 5.41) is 4.26. The predicted molar refractivity (Wildman–Crippen MR) is 92.6 cm³/mol. The third-order valence-electron chi connectivity index (χ3n) is 4.13. The lowest BCUT2D eigenvalue weighted by atomic mass is 10.0. The number of hydrogen-bond donors (Lipinski definition) is 1.